The van der Waals surface area contributed by atoms with Crippen LogP contribution in [-0.2, 0) is 11.4 Å². The van der Waals surface area contributed by atoms with Crippen molar-refractivity contribution in [3.05, 3.63) is 132 Å². The van der Waals surface area contributed by atoms with Crippen LogP contribution in [0.4, 0.5) is 0 Å². The highest BCUT2D eigenvalue weighted by Gasteiger charge is 2.12. The maximum absolute atomic E-state index is 12.3. The summed E-state index contributed by atoms with van der Waals surface area (Å²) in [5, 5.41) is 8.97. The van der Waals surface area contributed by atoms with E-state index in [9.17, 15) is 4.79 Å². The van der Waals surface area contributed by atoms with Gasteiger partial charge >= 0.3 is 0 Å². The zero-order valence-electron chi connectivity index (χ0n) is 21.5. The van der Waals surface area contributed by atoms with Gasteiger partial charge in [-0.25, -0.2) is 10.1 Å². The normalized spacial score (nSPS) is 10.9. The van der Waals surface area contributed by atoms with Crippen LogP contribution in [0.2, 0.25) is 0 Å². The monoisotopic (exact) mass is 516 g/mol. The molecule has 0 unspecified atom stereocenters. The van der Waals surface area contributed by atoms with E-state index in [1.165, 1.54) is 0 Å². The second-order valence-electron chi connectivity index (χ2n) is 8.91. The van der Waals surface area contributed by atoms with Gasteiger partial charge in [0.05, 0.1) is 11.9 Å². The number of carbonyl (C=O) groups excluding carboxylic acids is 1. The fraction of sp³-hybridized carbons (Fsp3) is 0.0938. The third kappa shape index (κ3) is 6.99. The van der Waals surface area contributed by atoms with E-state index in [-0.39, 0.29) is 12.5 Å². The predicted octanol–water partition coefficient (Wildman–Crippen LogP) is 5.96. The summed E-state index contributed by atoms with van der Waals surface area (Å²) in [7, 11) is 0. The number of aryl methyl sites for hydroxylation is 1. The highest BCUT2D eigenvalue weighted by Crippen LogP contribution is 2.25. The molecular weight excluding hydrogens is 488 g/mol. The highest BCUT2D eigenvalue weighted by atomic mass is 16.5. The molecule has 0 radical (unpaired) electrons. The molecule has 7 heteroatoms. The van der Waals surface area contributed by atoms with Crippen molar-refractivity contribution in [3.63, 3.8) is 0 Å². The molecule has 7 nitrogen and oxygen atoms in total. The number of hydrogen-bond acceptors (Lipinski definition) is 5. The third-order valence-corrected chi connectivity index (χ3v) is 5.89. The lowest BCUT2D eigenvalue weighted by Gasteiger charge is -2.07. The Labute approximate surface area is 227 Å². The lowest BCUT2D eigenvalue weighted by molar-refractivity contribution is -0.123. The lowest BCUT2D eigenvalue weighted by atomic mass is 10.1. The number of carbonyl (C=O) groups is 1. The first-order valence-corrected chi connectivity index (χ1v) is 12.6. The summed E-state index contributed by atoms with van der Waals surface area (Å²) in [4.78, 5) is 12.3. The van der Waals surface area contributed by atoms with Crippen LogP contribution < -0.4 is 14.9 Å². The molecule has 5 rings (SSSR count). The van der Waals surface area contributed by atoms with Gasteiger partial charge in [0.15, 0.2) is 6.61 Å². The number of nitrogens with zero attached hydrogens (tertiary/aromatic N) is 3. The summed E-state index contributed by atoms with van der Waals surface area (Å²) < 4.78 is 13.3. The van der Waals surface area contributed by atoms with Crippen LogP contribution in [0.1, 0.15) is 16.7 Å². The van der Waals surface area contributed by atoms with Gasteiger partial charge in [0, 0.05) is 17.3 Å². The maximum Gasteiger partial charge on any atom is 0.277 e. The molecule has 39 heavy (non-hydrogen) atoms. The number of nitrogens with one attached hydrogen (secondary N) is 1. The predicted molar refractivity (Wildman–Crippen MR) is 152 cm³/mol. The number of aromatic nitrogens is 2. The van der Waals surface area contributed by atoms with Crippen LogP contribution in [0.3, 0.4) is 0 Å². The Morgan fingerprint density at radius 1 is 0.872 bits per heavy atom. The minimum atomic E-state index is -0.357. The molecule has 0 aliphatic carbocycles. The van der Waals surface area contributed by atoms with E-state index in [2.05, 4.69) is 10.5 Å². The zero-order chi connectivity index (χ0) is 26.9. The largest absolute Gasteiger partial charge is 0.489 e. The van der Waals surface area contributed by atoms with Gasteiger partial charge in [-0.15, -0.1) is 0 Å². The molecule has 0 aliphatic rings. The molecule has 0 aliphatic heterocycles. The SMILES string of the molecule is Cc1cccc(OCC(=O)N/N=C\c2cn(-c3ccccc3)nc2-c2ccc(OCc3ccccc3)cc2)c1. The number of ether oxygens (including phenoxy) is 2. The summed E-state index contributed by atoms with van der Waals surface area (Å²) in [6, 6.07) is 35.2. The quantitative estimate of drug-likeness (QED) is 0.184. The molecule has 5 aromatic rings. The molecule has 0 bridgehead atoms. The molecule has 0 saturated carbocycles. The van der Waals surface area contributed by atoms with Crippen LogP contribution in [-0.4, -0.2) is 28.5 Å². The fourth-order valence-corrected chi connectivity index (χ4v) is 3.93. The molecule has 1 amide bonds. The molecular formula is C32H28N4O3. The number of hydrazone groups is 1. The van der Waals surface area contributed by atoms with Crippen molar-refractivity contribution in [2.45, 2.75) is 13.5 Å². The van der Waals surface area contributed by atoms with E-state index in [1.54, 1.807) is 10.9 Å². The smallest absolute Gasteiger partial charge is 0.277 e. The number of rotatable bonds is 10. The van der Waals surface area contributed by atoms with Crippen molar-refractivity contribution in [2.75, 3.05) is 6.61 Å². The molecule has 1 heterocycles. The van der Waals surface area contributed by atoms with E-state index in [1.807, 2.05) is 122 Å². The summed E-state index contributed by atoms with van der Waals surface area (Å²) in [5.41, 5.74) is 7.98. The number of amides is 1. The Hall–Kier alpha value is -5.17. The van der Waals surface area contributed by atoms with E-state index in [0.717, 1.165) is 39.4 Å². The fourth-order valence-electron chi connectivity index (χ4n) is 3.93. The van der Waals surface area contributed by atoms with Gasteiger partial charge in [-0.1, -0.05) is 60.7 Å². The number of benzene rings is 4. The standard InChI is InChI=1S/C32H28N4O3/c1-24-9-8-14-30(19-24)39-23-31(37)34-33-20-27-21-36(28-12-6-3-7-13-28)35-32(27)26-15-17-29(18-16-26)38-22-25-10-4-2-5-11-25/h2-21H,22-23H2,1H3,(H,34,37)/b33-20-. The molecule has 1 N–H and O–H groups in total. The molecule has 0 atom stereocenters. The summed E-state index contributed by atoms with van der Waals surface area (Å²) in [6.45, 7) is 2.32. The van der Waals surface area contributed by atoms with Gasteiger partial charge < -0.3 is 9.47 Å². The third-order valence-electron chi connectivity index (χ3n) is 5.89. The molecule has 0 saturated heterocycles. The zero-order valence-corrected chi connectivity index (χ0v) is 21.5. The van der Waals surface area contributed by atoms with Crippen LogP contribution in [0.5, 0.6) is 11.5 Å². The van der Waals surface area contributed by atoms with E-state index in [4.69, 9.17) is 14.6 Å². The first-order chi connectivity index (χ1) is 19.1. The minimum Gasteiger partial charge on any atom is -0.489 e. The molecule has 1 aromatic heterocycles. The van der Waals surface area contributed by atoms with Crippen molar-refractivity contribution in [1.29, 1.82) is 0 Å². The van der Waals surface area contributed by atoms with Crippen LogP contribution >= 0.6 is 0 Å². The molecule has 0 spiro atoms. The van der Waals surface area contributed by atoms with Crippen molar-refractivity contribution in [2.24, 2.45) is 5.10 Å². The van der Waals surface area contributed by atoms with E-state index >= 15 is 0 Å². The van der Waals surface area contributed by atoms with Crippen molar-refractivity contribution in [3.8, 4) is 28.4 Å². The molecule has 4 aromatic carbocycles. The summed E-state index contributed by atoms with van der Waals surface area (Å²) in [6.07, 6.45) is 3.47. The second-order valence-corrected chi connectivity index (χ2v) is 8.91. The Kier molecular flexibility index (Phi) is 8.09. The van der Waals surface area contributed by atoms with Crippen LogP contribution in [0.25, 0.3) is 16.9 Å². The van der Waals surface area contributed by atoms with Crippen molar-refractivity contribution in [1.82, 2.24) is 15.2 Å². The topological polar surface area (TPSA) is 77.7 Å². The van der Waals surface area contributed by atoms with E-state index < -0.39 is 0 Å². The minimum absolute atomic E-state index is 0.138. The van der Waals surface area contributed by atoms with Crippen LogP contribution in [0, 0.1) is 6.92 Å². The van der Waals surface area contributed by atoms with Crippen molar-refractivity contribution >= 4 is 12.1 Å². The number of para-hydroxylation sites is 1. The number of hydrogen-bond donors (Lipinski definition) is 1. The summed E-state index contributed by atoms with van der Waals surface area (Å²) in [5.74, 6) is 1.04. The average molecular weight is 517 g/mol. The second kappa shape index (κ2) is 12.4. The van der Waals surface area contributed by atoms with E-state index in [0.29, 0.717) is 12.4 Å². The Bertz CT molecular complexity index is 1550. The average Bonchev–Trinajstić information content (AvgIpc) is 3.40. The first kappa shape index (κ1) is 25.5. The highest BCUT2D eigenvalue weighted by molar-refractivity contribution is 5.89. The van der Waals surface area contributed by atoms with Gasteiger partial charge in [0.25, 0.3) is 5.91 Å². The maximum atomic E-state index is 12.3. The Morgan fingerprint density at radius 2 is 1.62 bits per heavy atom. The van der Waals surface area contributed by atoms with Crippen LogP contribution in [0.15, 0.2) is 120 Å². The first-order valence-electron chi connectivity index (χ1n) is 12.6. The lowest BCUT2D eigenvalue weighted by Crippen LogP contribution is -2.24. The Balaban J connectivity index is 1.29. The molecule has 194 valence electrons. The summed E-state index contributed by atoms with van der Waals surface area (Å²) >= 11 is 0. The van der Waals surface area contributed by atoms with Crippen molar-refractivity contribution < 1.29 is 14.3 Å². The van der Waals surface area contributed by atoms with Gasteiger partial charge in [-0.2, -0.15) is 10.2 Å². The van der Waals surface area contributed by atoms with Gasteiger partial charge in [-0.3, -0.25) is 4.79 Å². The van der Waals surface area contributed by atoms with Gasteiger partial charge in [-0.05, 0) is 66.6 Å². The molecule has 0 fully saturated rings. The van der Waals surface area contributed by atoms with Gasteiger partial charge in [0.1, 0.15) is 23.8 Å². The van der Waals surface area contributed by atoms with Gasteiger partial charge in [0.2, 0.25) is 0 Å². The Morgan fingerprint density at radius 3 is 2.36 bits per heavy atom.